The summed E-state index contributed by atoms with van der Waals surface area (Å²) in [4.78, 5) is 13.1. The lowest BCUT2D eigenvalue weighted by atomic mass is 9.83. The summed E-state index contributed by atoms with van der Waals surface area (Å²) < 4.78 is 2.46. The highest BCUT2D eigenvalue weighted by atomic mass is 32.1. The van der Waals surface area contributed by atoms with Crippen LogP contribution >= 0.6 is 11.3 Å². The Morgan fingerprint density at radius 1 is 1.12 bits per heavy atom. The van der Waals surface area contributed by atoms with Gasteiger partial charge in [-0.05, 0) is 45.4 Å². The number of likely N-dealkylation sites (N-methyl/N-ethyl adjacent to an activating group) is 1. The summed E-state index contributed by atoms with van der Waals surface area (Å²) >= 11 is 1.94. The van der Waals surface area contributed by atoms with Crippen LogP contribution < -0.4 is 0 Å². The van der Waals surface area contributed by atoms with E-state index in [9.17, 15) is 0 Å². The molecular weight excluding hydrogens is 316 g/mol. The Balaban J connectivity index is 1.53. The van der Waals surface area contributed by atoms with E-state index in [0.717, 1.165) is 26.2 Å². The Hall–Kier alpha value is -1.17. The molecule has 0 aliphatic carbocycles. The second kappa shape index (κ2) is 6.28. The van der Waals surface area contributed by atoms with E-state index >= 15 is 0 Å². The van der Waals surface area contributed by atoms with Gasteiger partial charge < -0.3 is 4.57 Å². The van der Waals surface area contributed by atoms with Gasteiger partial charge >= 0.3 is 0 Å². The highest BCUT2D eigenvalue weighted by Crippen LogP contribution is 2.41. The molecule has 1 spiro atoms. The third-order valence-corrected chi connectivity index (χ3v) is 6.90. The number of fused-ring (bicyclic) bond motifs is 2. The van der Waals surface area contributed by atoms with Crippen molar-refractivity contribution in [2.75, 3.05) is 26.2 Å². The summed E-state index contributed by atoms with van der Waals surface area (Å²) in [6.45, 7) is 13.5. The number of likely N-dealkylation sites (tertiary alicyclic amines) is 1. The first-order valence-corrected chi connectivity index (χ1v) is 9.99. The maximum absolute atomic E-state index is 4.85. The van der Waals surface area contributed by atoms with E-state index in [1.807, 2.05) is 11.3 Å². The molecule has 2 aliphatic rings. The Kier molecular flexibility index (Phi) is 4.27. The summed E-state index contributed by atoms with van der Waals surface area (Å²) in [6.07, 6.45) is 4.46. The number of nitrogens with zero attached hydrogens (tertiary/aromatic N) is 4. The van der Waals surface area contributed by atoms with Gasteiger partial charge in [-0.2, -0.15) is 0 Å². The highest BCUT2D eigenvalue weighted by Gasteiger charge is 2.46. The lowest BCUT2D eigenvalue weighted by molar-refractivity contribution is -0.00813. The Labute approximate surface area is 149 Å². The topological polar surface area (TPSA) is 24.3 Å². The van der Waals surface area contributed by atoms with E-state index in [-0.39, 0.29) is 5.54 Å². The fourth-order valence-electron chi connectivity index (χ4n) is 4.56. The van der Waals surface area contributed by atoms with Crippen molar-refractivity contribution in [2.45, 2.75) is 52.2 Å². The second-order valence-corrected chi connectivity index (χ2v) is 8.65. The normalized spacial score (nSPS) is 21.3. The largest absolute Gasteiger partial charge is 0.329 e. The Morgan fingerprint density at radius 2 is 1.92 bits per heavy atom. The molecule has 0 N–H and O–H groups in total. The summed E-state index contributed by atoms with van der Waals surface area (Å²) in [5.74, 6) is 1.32. The maximum atomic E-state index is 4.85. The number of rotatable bonds is 3. The van der Waals surface area contributed by atoms with Gasteiger partial charge in [0.1, 0.15) is 5.82 Å². The minimum Gasteiger partial charge on any atom is -0.329 e. The molecule has 0 saturated carbocycles. The van der Waals surface area contributed by atoms with Crippen molar-refractivity contribution >= 4 is 11.3 Å². The zero-order valence-corrected chi connectivity index (χ0v) is 15.9. The van der Waals surface area contributed by atoms with Gasteiger partial charge in [-0.3, -0.25) is 9.80 Å². The lowest BCUT2D eigenvalue weighted by Crippen LogP contribution is -2.57. The lowest BCUT2D eigenvalue weighted by Gasteiger charge is -2.50. The predicted molar refractivity (Wildman–Crippen MR) is 99.5 cm³/mol. The standard InChI is InChI=1S/C19H28N4S/c1-4-22-11-12-23-15(2)13-20-18(23)19(22)7-9-21(10-8-19)14-17-6-5-16(3)24-17/h5-6,13H,4,7-12,14H2,1-3H3. The van der Waals surface area contributed by atoms with Crippen molar-refractivity contribution < 1.29 is 0 Å². The van der Waals surface area contributed by atoms with E-state index in [2.05, 4.69) is 53.5 Å². The molecule has 24 heavy (non-hydrogen) atoms. The molecule has 0 bridgehead atoms. The van der Waals surface area contributed by atoms with Crippen molar-refractivity contribution in [1.29, 1.82) is 0 Å². The molecule has 4 rings (SSSR count). The first kappa shape index (κ1) is 16.3. The van der Waals surface area contributed by atoms with Crippen LogP contribution in [0.3, 0.4) is 0 Å². The van der Waals surface area contributed by atoms with Crippen LogP contribution in [0.1, 0.15) is 41.0 Å². The van der Waals surface area contributed by atoms with Crippen LogP contribution in [0.5, 0.6) is 0 Å². The molecule has 4 nitrogen and oxygen atoms in total. The van der Waals surface area contributed by atoms with Crippen LogP contribution in [0.2, 0.25) is 0 Å². The zero-order chi connectivity index (χ0) is 16.7. The molecule has 2 aliphatic heterocycles. The van der Waals surface area contributed by atoms with Gasteiger partial charge in [0.2, 0.25) is 0 Å². The van der Waals surface area contributed by atoms with Crippen LogP contribution in [0.25, 0.3) is 0 Å². The predicted octanol–water partition coefficient (Wildman–Crippen LogP) is 3.39. The molecule has 0 unspecified atom stereocenters. The SMILES string of the molecule is CCN1CCn2c(C)cnc2C12CCN(Cc1ccc(C)s1)CC2. The van der Waals surface area contributed by atoms with Crippen LogP contribution in [-0.2, 0) is 18.6 Å². The van der Waals surface area contributed by atoms with Crippen LogP contribution in [0.15, 0.2) is 18.3 Å². The average Bonchev–Trinajstić information content (AvgIpc) is 3.17. The van der Waals surface area contributed by atoms with E-state index in [0.29, 0.717) is 0 Å². The van der Waals surface area contributed by atoms with E-state index in [1.165, 1.54) is 47.2 Å². The number of hydrogen-bond acceptors (Lipinski definition) is 4. The number of aryl methyl sites for hydroxylation is 2. The molecule has 2 aromatic rings. The van der Waals surface area contributed by atoms with Gasteiger partial charge in [0.25, 0.3) is 0 Å². The van der Waals surface area contributed by atoms with E-state index in [4.69, 9.17) is 4.98 Å². The minimum absolute atomic E-state index is 0.156. The minimum atomic E-state index is 0.156. The summed E-state index contributed by atoms with van der Waals surface area (Å²) in [6, 6.07) is 4.53. The first-order valence-electron chi connectivity index (χ1n) is 9.18. The number of imidazole rings is 1. The number of thiophene rings is 1. The molecule has 1 fully saturated rings. The quantitative estimate of drug-likeness (QED) is 0.853. The third kappa shape index (κ3) is 2.63. The molecule has 5 heteroatoms. The summed E-state index contributed by atoms with van der Waals surface area (Å²) in [7, 11) is 0. The van der Waals surface area contributed by atoms with E-state index < -0.39 is 0 Å². The molecular formula is C19H28N4S. The van der Waals surface area contributed by atoms with Gasteiger partial charge in [-0.25, -0.2) is 4.98 Å². The van der Waals surface area contributed by atoms with Gasteiger partial charge in [-0.1, -0.05) is 6.92 Å². The van der Waals surface area contributed by atoms with Crippen molar-refractivity contribution in [2.24, 2.45) is 0 Å². The molecule has 0 atom stereocenters. The Bertz CT molecular complexity index is 709. The average molecular weight is 345 g/mol. The van der Waals surface area contributed by atoms with Gasteiger partial charge in [0.15, 0.2) is 0 Å². The monoisotopic (exact) mass is 344 g/mol. The van der Waals surface area contributed by atoms with Gasteiger partial charge in [0, 0.05) is 54.4 Å². The number of piperidine rings is 1. The highest BCUT2D eigenvalue weighted by molar-refractivity contribution is 7.11. The molecule has 4 heterocycles. The third-order valence-electron chi connectivity index (χ3n) is 5.91. The molecule has 130 valence electrons. The second-order valence-electron chi connectivity index (χ2n) is 7.27. The van der Waals surface area contributed by atoms with Crippen LogP contribution in [0, 0.1) is 13.8 Å². The van der Waals surface area contributed by atoms with Crippen molar-refractivity contribution in [1.82, 2.24) is 19.4 Å². The molecule has 2 aromatic heterocycles. The van der Waals surface area contributed by atoms with Crippen molar-refractivity contribution in [3.8, 4) is 0 Å². The zero-order valence-electron chi connectivity index (χ0n) is 15.1. The fraction of sp³-hybridized carbons (Fsp3) is 0.632. The van der Waals surface area contributed by atoms with Gasteiger partial charge in [0.05, 0.1) is 5.54 Å². The number of aromatic nitrogens is 2. The Morgan fingerprint density at radius 3 is 2.58 bits per heavy atom. The summed E-state index contributed by atoms with van der Waals surface area (Å²) in [5.41, 5.74) is 1.47. The fourth-order valence-corrected chi connectivity index (χ4v) is 5.50. The molecule has 0 radical (unpaired) electrons. The number of hydrogen-bond donors (Lipinski definition) is 0. The summed E-state index contributed by atoms with van der Waals surface area (Å²) in [5, 5.41) is 0. The van der Waals surface area contributed by atoms with Crippen molar-refractivity contribution in [3.63, 3.8) is 0 Å². The van der Waals surface area contributed by atoms with Crippen LogP contribution in [-0.4, -0.2) is 45.5 Å². The van der Waals surface area contributed by atoms with Crippen LogP contribution in [0.4, 0.5) is 0 Å². The smallest absolute Gasteiger partial charge is 0.129 e. The molecule has 0 amide bonds. The first-order chi connectivity index (χ1) is 11.6. The van der Waals surface area contributed by atoms with Crippen molar-refractivity contribution in [3.05, 3.63) is 39.6 Å². The van der Waals surface area contributed by atoms with Gasteiger partial charge in [-0.15, -0.1) is 11.3 Å². The molecule has 0 aromatic carbocycles. The maximum Gasteiger partial charge on any atom is 0.129 e. The molecule has 1 saturated heterocycles. The van der Waals surface area contributed by atoms with E-state index in [1.54, 1.807) is 0 Å².